The van der Waals surface area contributed by atoms with Gasteiger partial charge in [0.15, 0.2) is 0 Å². The second-order valence-corrected chi connectivity index (χ2v) is 3.74. The van der Waals surface area contributed by atoms with Gasteiger partial charge in [-0.1, -0.05) is 19.3 Å². The van der Waals surface area contributed by atoms with E-state index < -0.39 is 0 Å². The zero-order chi connectivity index (χ0) is 8.81. The largest absolute Gasteiger partial charge is 0.314 e. The summed E-state index contributed by atoms with van der Waals surface area (Å²) in [6, 6.07) is 0.693. The Labute approximate surface area is 74.7 Å². The van der Waals surface area contributed by atoms with E-state index >= 15 is 0 Å². The van der Waals surface area contributed by atoms with Crippen molar-refractivity contribution in [2.24, 2.45) is 0 Å². The van der Waals surface area contributed by atoms with E-state index in [1.807, 2.05) is 0 Å². The summed E-state index contributed by atoms with van der Waals surface area (Å²) in [4.78, 5) is 10.6. The molecule has 1 saturated carbocycles. The molecule has 0 aromatic rings. The van der Waals surface area contributed by atoms with Gasteiger partial charge in [-0.05, 0) is 19.8 Å². The van der Waals surface area contributed by atoms with Crippen molar-refractivity contribution in [2.75, 3.05) is 6.54 Å². The molecule has 70 valence electrons. The van der Waals surface area contributed by atoms with Gasteiger partial charge in [-0.25, -0.2) is 0 Å². The molecule has 0 atom stereocenters. The quantitative estimate of drug-likeness (QED) is 0.696. The van der Waals surface area contributed by atoms with Gasteiger partial charge >= 0.3 is 0 Å². The van der Waals surface area contributed by atoms with Crippen molar-refractivity contribution in [1.82, 2.24) is 5.32 Å². The molecule has 0 saturated heterocycles. The Balaban J connectivity index is 2.01. The van der Waals surface area contributed by atoms with Crippen LogP contribution in [0.5, 0.6) is 0 Å². The third-order valence-corrected chi connectivity index (χ3v) is 2.52. The molecule has 0 bridgehead atoms. The van der Waals surface area contributed by atoms with Gasteiger partial charge < -0.3 is 5.32 Å². The topological polar surface area (TPSA) is 29.1 Å². The highest BCUT2D eigenvalue weighted by Crippen LogP contribution is 2.16. The second-order valence-electron chi connectivity index (χ2n) is 3.74. The highest BCUT2D eigenvalue weighted by Gasteiger charge is 2.11. The lowest BCUT2D eigenvalue weighted by Gasteiger charge is -2.22. The Bertz CT molecular complexity index is 139. The molecule has 1 rings (SSSR count). The van der Waals surface area contributed by atoms with Crippen molar-refractivity contribution in [3.8, 4) is 0 Å². The van der Waals surface area contributed by atoms with E-state index in [0.717, 1.165) is 6.54 Å². The lowest BCUT2D eigenvalue weighted by molar-refractivity contribution is -0.116. The zero-order valence-electron chi connectivity index (χ0n) is 7.94. The molecular weight excluding hydrogens is 150 g/mol. The molecule has 0 aromatic carbocycles. The number of hydrogen-bond donors (Lipinski definition) is 1. The molecule has 0 aliphatic heterocycles. The van der Waals surface area contributed by atoms with Crippen molar-refractivity contribution in [3.05, 3.63) is 0 Å². The first-order valence-electron chi connectivity index (χ1n) is 5.02. The van der Waals surface area contributed by atoms with Gasteiger partial charge in [0.1, 0.15) is 5.78 Å². The van der Waals surface area contributed by atoms with E-state index in [-0.39, 0.29) is 0 Å². The van der Waals surface area contributed by atoms with E-state index in [1.54, 1.807) is 6.92 Å². The SMILES string of the molecule is CC(=O)CCNC1CCCCC1. The predicted molar refractivity (Wildman–Crippen MR) is 50.2 cm³/mol. The molecule has 0 unspecified atom stereocenters. The van der Waals surface area contributed by atoms with Crippen molar-refractivity contribution >= 4 is 5.78 Å². The number of carbonyl (C=O) groups excluding carboxylic acids is 1. The van der Waals surface area contributed by atoms with Crippen LogP contribution < -0.4 is 5.32 Å². The van der Waals surface area contributed by atoms with Crippen LogP contribution in [0, 0.1) is 0 Å². The van der Waals surface area contributed by atoms with E-state index in [2.05, 4.69) is 5.32 Å². The van der Waals surface area contributed by atoms with E-state index in [4.69, 9.17) is 0 Å². The Hall–Kier alpha value is -0.370. The van der Waals surface area contributed by atoms with Crippen LogP contribution in [0.2, 0.25) is 0 Å². The molecule has 2 heteroatoms. The first-order chi connectivity index (χ1) is 5.79. The molecule has 0 aromatic heterocycles. The number of hydrogen-bond acceptors (Lipinski definition) is 2. The zero-order valence-corrected chi connectivity index (χ0v) is 7.94. The summed E-state index contributed by atoms with van der Waals surface area (Å²) >= 11 is 0. The van der Waals surface area contributed by atoms with Gasteiger partial charge in [-0.2, -0.15) is 0 Å². The summed E-state index contributed by atoms with van der Waals surface area (Å²) in [6.07, 6.45) is 7.41. The third-order valence-electron chi connectivity index (χ3n) is 2.52. The maximum atomic E-state index is 10.6. The fourth-order valence-corrected chi connectivity index (χ4v) is 1.76. The minimum Gasteiger partial charge on any atom is -0.314 e. The molecule has 1 aliphatic rings. The fourth-order valence-electron chi connectivity index (χ4n) is 1.76. The summed E-state index contributed by atoms with van der Waals surface area (Å²) in [7, 11) is 0. The smallest absolute Gasteiger partial charge is 0.131 e. The number of Topliss-reactive ketones (excluding diaryl/α,β-unsaturated/α-hetero) is 1. The van der Waals surface area contributed by atoms with Crippen molar-refractivity contribution in [3.63, 3.8) is 0 Å². The summed E-state index contributed by atoms with van der Waals surface area (Å²) in [5, 5.41) is 3.43. The van der Waals surface area contributed by atoms with Gasteiger partial charge in [-0.15, -0.1) is 0 Å². The predicted octanol–water partition coefficient (Wildman–Crippen LogP) is 1.89. The van der Waals surface area contributed by atoms with Crippen LogP contribution >= 0.6 is 0 Å². The summed E-state index contributed by atoms with van der Waals surface area (Å²) in [5.41, 5.74) is 0. The lowest BCUT2D eigenvalue weighted by atomic mass is 9.95. The molecule has 0 heterocycles. The van der Waals surface area contributed by atoms with Crippen LogP contribution in [0.3, 0.4) is 0 Å². The second kappa shape index (κ2) is 5.31. The molecule has 1 aliphatic carbocycles. The minimum atomic E-state index is 0.290. The van der Waals surface area contributed by atoms with Gasteiger partial charge in [-0.3, -0.25) is 4.79 Å². The van der Waals surface area contributed by atoms with Crippen LogP contribution in [0.1, 0.15) is 45.4 Å². The molecule has 2 nitrogen and oxygen atoms in total. The standard InChI is InChI=1S/C10H19NO/c1-9(12)7-8-11-10-5-3-2-4-6-10/h10-11H,2-8H2,1H3. The average Bonchev–Trinajstić information content (AvgIpc) is 2.05. The molecule has 0 radical (unpaired) electrons. The van der Waals surface area contributed by atoms with Gasteiger partial charge in [0.05, 0.1) is 0 Å². The maximum Gasteiger partial charge on any atom is 0.131 e. The lowest BCUT2D eigenvalue weighted by Crippen LogP contribution is -2.32. The van der Waals surface area contributed by atoms with Crippen LogP contribution in [-0.2, 0) is 4.79 Å². The molecule has 0 spiro atoms. The number of nitrogens with one attached hydrogen (secondary N) is 1. The number of carbonyl (C=O) groups is 1. The summed E-state index contributed by atoms with van der Waals surface area (Å²) in [5.74, 6) is 0.290. The Morgan fingerprint density at radius 2 is 2.00 bits per heavy atom. The fraction of sp³-hybridized carbons (Fsp3) is 0.900. The average molecular weight is 169 g/mol. The maximum absolute atomic E-state index is 10.6. The molecule has 12 heavy (non-hydrogen) atoms. The normalized spacial score (nSPS) is 19.4. The Morgan fingerprint density at radius 1 is 1.33 bits per heavy atom. The van der Waals surface area contributed by atoms with E-state index in [9.17, 15) is 4.79 Å². The highest BCUT2D eigenvalue weighted by atomic mass is 16.1. The van der Waals surface area contributed by atoms with Crippen LogP contribution in [-0.4, -0.2) is 18.4 Å². The van der Waals surface area contributed by atoms with Crippen molar-refractivity contribution in [2.45, 2.75) is 51.5 Å². The van der Waals surface area contributed by atoms with Crippen LogP contribution in [0.25, 0.3) is 0 Å². The minimum absolute atomic E-state index is 0.290. The van der Waals surface area contributed by atoms with Crippen molar-refractivity contribution < 1.29 is 4.79 Å². The highest BCUT2D eigenvalue weighted by molar-refractivity contribution is 5.75. The monoisotopic (exact) mass is 169 g/mol. The van der Waals surface area contributed by atoms with Crippen LogP contribution in [0.4, 0.5) is 0 Å². The van der Waals surface area contributed by atoms with E-state index in [1.165, 1.54) is 32.1 Å². The molecule has 1 N–H and O–H groups in total. The molecular formula is C10H19NO. The summed E-state index contributed by atoms with van der Waals surface area (Å²) < 4.78 is 0. The Kier molecular flexibility index (Phi) is 4.30. The van der Waals surface area contributed by atoms with Gasteiger partial charge in [0.2, 0.25) is 0 Å². The van der Waals surface area contributed by atoms with Crippen LogP contribution in [0.15, 0.2) is 0 Å². The molecule has 0 amide bonds. The first-order valence-corrected chi connectivity index (χ1v) is 5.02. The van der Waals surface area contributed by atoms with Crippen molar-refractivity contribution in [1.29, 1.82) is 0 Å². The number of ketones is 1. The third kappa shape index (κ3) is 3.86. The molecule has 1 fully saturated rings. The van der Waals surface area contributed by atoms with Gasteiger partial charge in [0.25, 0.3) is 0 Å². The van der Waals surface area contributed by atoms with E-state index in [0.29, 0.717) is 18.2 Å². The number of rotatable bonds is 4. The van der Waals surface area contributed by atoms with Gasteiger partial charge in [0, 0.05) is 19.0 Å². The first kappa shape index (κ1) is 9.72. The Morgan fingerprint density at radius 3 is 2.58 bits per heavy atom. The summed E-state index contributed by atoms with van der Waals surface area (Å²) in [6.45, 7) is 2.53.